The molecule has 16 heavy (non-hydrogen) atoms. The van der Waals surface area contributed by atoms with Gasteiger partial charge < -0.3 is 14.5 Å². The molecule has 0 aromatic carbocycles. The molecular weight excluding hydrogens is 272 g/mol. The normalized spacial score (nSPS) is 21.9. The molecule has 1 unspecified atom stereocenters. The highest BCUT2D eigenvalue weighted by Gasteiger charge is 2.25. The molecule has 0 aromatic heterocycles. The average molecular weight is 293 g/mol. The summed E-state index contributed by atoms with van der Waals surface area (Å²) < 4.78 is 5.48. The predicted octanol–water partition coefficient (Wildman–Crippen LogP) is 0.950. The minimum atomic E-state index is 0.0167. The molecule has 1 atom stereocenters. The van der Waals surface area contributed by atoms with Gasteiger partial charge in [-0.1, -0.05) is 15.9 Å². The molecule has 4 nitrogen and oxygen atoms in total. The Bertz CT molecular complexity index is 224. The fraction of sp³-hybridized carbons (Fsp3) is 0.909. The summed E-state index contributed by atoms with van der Waals surface area (Å²) >= 11 is 3.40. The van der Waals surface area contributed by atoms with Crippen molar-refractivity contribution in [1.82, 2.24) is 9.80 Å². The minimum absolute atomic E-state index is 0.0167. The number of rotatable bonds is 6. The molecule has 5 heteroatoms. The van der Waals surface area contributed by atoms with Crippen LogP contribution in [0.3, 0.4) is 0 Å². The molecule has 0 radical (unpaired) electrons. The van der Waals surface area contributed by atoms with Gasteiger partial charge in [0.15, 0.2) is 0 Å². The maximum Gasteiger partial charge on any atom is 0.236 e. The van der Waals surface area contributed by atoms with Crippen molar-refractivity contribution in [2.75, 3.05) is 46.9 Å². The maximum absolute atomic E-state index is 11.7. The van der Waals surface area contributed by atoms with Gasteiger partial charge in [0.25, 0.3) is 0 Å². The number of likely N-dealkylation sites (tertiary alicyclic amines) is 1. The summed E-state index contributed by atoms with van der Waals surface area (Å²) in [6.45, 7) is 3.88. The molecule has 0 spiro atoms. The minimum Gasteiger partial charge on any atom is -0.378 e. The van der Waals surface area contributed by atoms with Crippen LogP contribution in [0.2, 0.25) is 0 Å². The zero-order valence-electron chi connectivity index (χ0n) is 10.1. The van der Waals surface area contributed by atoms with Crippen molar-refractivity contribution in [1.29, 1.82) is 0 Å². The molecular formula is C11H21BrN2O2. The first-order chi connectivity index (χ1) is 7.61. The molecule has 0 N–H and O–H groups in total. The van der Waals surface area contributed by atoms with E-state index < -0.39 is 0 Å². The Morgan fingerprint density at radius 1 is 1.50 bits per heavy atom. The first-order valence-electron chi connectivity index (χ1n) is 5.76. The van der Waals surface area contributed by atoms with Gasteiger partial charge in [-0.15, -0.1) is 0 Å². The molecule has 1 aliphatic heterocycles. The largest absolute Gasteiger partial charge is 0.378 e. The van der Waals surface area contributed by atoms with Crippen LogP contribution in [0.25, 0.3) is 0 Å². The van der Waals surface area contributed by atoms with E-state index >= 15 is 0 Å². The second kappa shape index (κ2) is 7.25. The van der Waals surface area contributed by atoms with E-state index in [2.05, 4.69) is 20.8 Å². The summed E-state index contributed by atoms with van der Waals surface area (Å²) in [5.41, 5.74) is 0. The number of hydrogen-bond donors (Lipinski definition) is 0. The second-order valence-corrected chi connectivity index (χ2v) is 5.46. The van der Waals surface area contributed by atoms with Crippen molar-refractivity contribution < 1.29 is 9.53 Å². The van der Waals surface area contributed by atoms with Gasteiger partial charge in [-0.05, 0) is 26.9 Å². The van der Waals surface area contributed by atoms with E-state index in [1.165, 1.54) is 0 Å². The number of amides is 1. The molecule has 1 fully saturated rings. The van der Waals surface area contributed by atoms with Crippen LogP contribution in [0.4, 0.5) is 0 Å². The number of piperidine rings is 1. The Morgan fingerprint density at radius 3 is 2.94 bits per heavy atom. The molecule has 1 heterocycles. The van der Waals surface area contributed by atoms with E-state index in [0.717, 1.165) is 32.5 Å². The van der Waals surface area contributed by atoms with Gasteiger partial charge in [0, 0.05) is 19.6 Å². The number of alkyl halides is 1. The lowest BCUT2D eigenvalue weighted by molar-refractivity contribution is -0.133. The summed E-state index contributed by atoms with van der Waals surface area (Å²) in [5.74, 6) is 0.211. The fourth-order valence-corrected chi connectivity index (χ4v) is 2.25. The topological polar surface area (TPSA) is 32.8 Å². The van der Waals surface area contributed by atoms with Crippen molar-refractivity contribution in [3.63, 3.8) is 0 Å². The first-order valence-corrected chi connectivity index (χ1v) is 6.68. The molecule has 1 aliphatic rings. The summed E-state index contributed by atoms with van der Waals surface area (Å²) in [7, 11) is 4.04. The van der Waals surface area contributed by atoms with Crippen LogP contribution in [0.15, 0.2) is 0 Å². The molecule has 94 valence electrons. The molecule has 1 saturated heterocycles. The third-order valence-corrected chi connectivity index (χ3v) is 3.50. The van der Waals surface area contributed by atoms with Gasteiger partial charge >= 0.3 is 0 Å². The molecule has 1 amide bonds. The highest BCUT2D eigenvalue weighted by molar-refractivity contribution is 9.10. The van der Waals surface area contributed by atoms with Crippen LogP contribution in [-0.4, -0.2) is 67.5 Å². The van der Waals surface area contributed by atoms with Crippen LogP contribution >= 0.6 is 15.9 Å². The van der Waals surface area contributed by atoms with Crippen molar-refractivity contribution in [3.8, 4) is 0 Å². The zero-order valence-corrected chi connectivity index (χ0v) is 11.7. The van der Waals surface area contributed by atoms with Crippen LogP contribution in [0.5, 0.6) is 0 Å². The van der Waals surface area contributed by atoms with E-state index in [0.29, 0.717) is 13.2 Å². The lowest BCUT2D eigenvalue weighted by Gasteiger charge is -2.29. The van der Waals surface area contributed by atoms with E-state index in [4.69, 9.17) is 4.74 Å². The van der Waals surface area contributed by atoms with Crippen molar-refractivity contribution in [2.24, 2.45) is 0 Å². The number of likely N-dealkylation sites (N-methyl/N-ethyl adjacent to an activating group) is 1. The zero-order chi connectivity index (χ0) is 12.0. The number of nitrogens with zero attached hydrogens (tertiary/aromatic N) is 2. The molecule has 0 bridgehead atoms. The third-order valence-electron chi connectivity index (χ3n) is 2.65. The number of halogens is 1. The van der Waals surface area contributed by atoms with Crippen LogP contribution in [0.1, 0.15) is 12.8 Å². The quantitative estimate of drug-likeness (QED) is 0.540. The van der Waals surface area contributed by atoms with Crippen molar-refractivity contribution >= 4 is 21.8 Å². The van der Waals surface area contributed by atoms with Crippen molar-refractivity contribution in [2.45, 2.75) is 17.7 Å². The van der Waals surface area contributed by atoms with E-state index in [9.17, 15) is 4.79 Å². The Morgan fingerprint density at radius 2 is 2.25 bits per heavy atom. The van der Waals surface area contributed by atoms with Gasteiger partial charge in [-0.3, -0.25) is 4.79 Å². The number of carbonyl (C=O) groups excluding carboxylic acids is 1. The van der Waals surface area contributed by atoms with Gasteiger partial charge in [0.1, 0.15) is 0 Å². The lowest BCUT2D eigenvalue weighted by atomic mass is 10.1. The van der Waals surface area contributed by atoms with Crippen LogP contribution in [-0.2, 0) is 9.53 Å². The van der Waals surface area contributed by atoms with Gasteiger partial charge in [-0.25, -0.2) is 0 Å². The van der Waals surface area contributed by atoms with Crippen LogP contribution < -0.4 is 0 Å². The second-order valence-electron chi connectivity index (χ2n) is 4.35. The SMILES string of the molecule is CN(C)CCOCCN1CCCC(Br)C1=O. The van der Waals surface area contributed by atoms with E-state index in [-0.39, 0.29) is 10.7 Å². The van der Waals surface area contributed by atoms with Gasteiger partial charge in [-0.2, -0.15) is 0 Å². The fourth-order valence-electron chi connectivity index (χ4n) is 1.64. The summed E-state index contributed by atoms with van der Waals surface area (Å²) in [5, 5.41) is 0. The standard InChI is InChI=1S/C11H21BrN2O2/c1-13(2)6-8-16-9-7-14-5-3-4-10(12)11(14)15/h10H,3-9H2,1-2H3. The summed E-state index contributed by atoms with van der Waals surface area (Å²) in [6.07, 6.45) is 2.04. The first kappa shape index (κ1) is 13.9. The average Bonchev–Trinajstić information content (AvgIpc) is 2.23. The summed E-state index contributed by atoms with van der Waals surface area (Å²) in [6, 6.07) is 0. The molecule has 0 aliphatic carbocycles. The Hall–Kier alpha value is -0.130. The lowest BCUT2D eigenvalue weighted by Crippen LogP contribution is -2.43. The Kier molecular flexibility index (Phi) is 6.31. The van der Waals surface area contributed by atoms with Crippen LogP contribution in [0, 0.1) is 0 Å². The van der Waals surface area contributed by atoms with E-state index in [1.807, 2.05) is 19.0 Å². The number of carbonyl (C=O) groups is 1. The molecule has 1 rings (SSSR count). The molecule has 0 aromatic rings. The monoisotopic (exact) mass is 292 g/mol. The number of hydrogen-bond acceptors (Lipinski definition) is 3. The predicted molar refractivity (Wildman–Crippen MR) is 67.9 cm³/mol. The molecule has 0 saturated carbocycles. The van der Waals surface area contributed by atoms with Crippen molar-refractivity contribution in [3.05, 3.63) is 0 Å². The van der Waals surface area contributed by atoms with Gasteiger partial charge in [0.05, 0.1) is 18.0 Å². The number of ether oxygens (including phenoxy) is 1. The highest BCUT2D eigenvalue weighted by Crippen LogP contribution is 2.17. The van der Waals surface area contributed by atoms with Gasteiger partial charge in [0.2, 0.25) is 5.91 Å². The summed E-state index contributed by atoms with van der Waals surface area (Å²) in [4.78, 5) is 15.7. The maximum atomic E-state index is 11.7. The Balaban J connectivity index is 2.10. The van der Waals surface area contributed by atoms with E-state index in [1.54, 1.807) is 0 Å². The smallest absolute Gasteiger partial charge is 0.236 e. The third kappa shape index (κ3) is 4.80. The highest BCUT2D eigenvalue weighted by atomic mass is 79.9. The Labute approximate surface area is 106 Å².